The zero-order chi connectivity index (χ0) is 24.9. The summed E-state index contributed by atoms with van der Waals surface area (Å²) in [4.78, 5) is 23.4. The fraction of sp³-hybridized carbons (Fsp3) is 0.733. The second-order valence-corrected chi connectivity index (χ2v) is 11.2. The van der Waals surface area contributed by atoms with Crippen LogP contribution >= 0.6 is 0 Å². The fourth-order valence-corrected chi connectivity index (χ4v) is 6.97. The number of anilines is 1. The molecule has 1 amide bonds. The third kappa shape index (κ3) is 5.44. The Morgan fingerprint density at radius 3 is 2.47 bits per heavy atom. The summed E-state index contributed by atoms with van der Waals surface area (Å²) in [6.07, 6.45) is 13.0. The molecule has 0 unspecified atom stereocenters. The van der Waals surface area contributed by atoms with Crippen molar-refractivity contribution in [2.45, 2.75) is 103 Å². The van der Waals surface area contributed by atoms with E-state index in [1.165, 1.54) is 81.2 Å². The third-order valence-corrected chi connectivity index (χ3v) is 9.15. The molecule has 1 aliphatic heterocycles. The summed E-state index contributed by atoms with van der Waals surface area (Å²) in [7, 11) is 0. The van der Waals surface area contributed by atoms with Crippen molar-refractivity contribution in [3.05, 3.63) is 24.0 Å². The summed E-state index contributed by atoms with van der Waals surface area (Å²) in [6.45, 7) is 9.39. The molecule has 0 bridgehead atoms. The van der Waals surface area contributed by atoms with Crippen LogP contribution in [0.3, 0.4) is 0 Å². The Labute approximate surface area is 217 Å². The van der Waals surface area contributed by atoms with Crippen molar-refractivity contribution in [1.29, 1.82) is 0 Å². The monoisotopic (exact) mass is 494 g/mol. The van der Waals surface area contributed by atoms with E-state index in [2.05, 4.69) is 46.4 Å². The van der Waals surface area contributed by atoms with Crippen LogP contribution in [-0.2, 0) is 16.1 Å². The van der Waals surface area contributed by atoms with Gasteiger partial charge in [-0.15, -0.1) is 0 Å². The molecule has 1 saturated heterocycles. The highest BCUT2D eigenvalue weighted by molar-refractivity contribution is 5.90. The summed E-state index contributed by atoms with van der Waals surface area (Å²) in [5.74, 6) is 2.89. The first-order valence-corrected chi connectivity index (χ1v) is 14.8. The molecule has 6 heteroatoms. The van der Waals surface area contributed by atoms with Crippen LogP contribution in [0.2, 0.25) is 0 Å². The van der Waals surface area contributed by atoms with E-state index in [1.807, 2.05) is 0 Å². The smallest absolute Gasteiger partial charge is 0.224 e. The van der Waals surface area contributed by atoms with Crippen molar-refractivity contribution in [3.8, 4) is 0 Å². The molecule has 5 rings (SSSR count). The minimum Gasteiger partial charge on any atom is -0.378 e. The number of imidazole rings is 1. The molecule has 36 heavy (non-hydrogen) atoms. The van der Waals surface area contributed by atoms with Gasteiger partial charge in [-0.05, 0) is 63.5 Å². The van der Waals surface area contributed by atoms with Crippen LogP contribution in [0.1, 0.15) is 96.2 Å². The van der Waals surface area contributed by atoms with Gasteiger partial charge in [0.05, 0.1) is 24.4 Å². The lowest BCUT2D eigenvalue weighted by Crippen LogP contribution is -2.41. The van der Waals surface area contributed by atoms with Crippen molar-refractivity contribution in [3.63, 3.8) is 0 Å². The number of benzene rings is 1. The zero-order valence-corrected chi connectivity index (χ0v) is 22.6. The normalized spacial score (nSPS) is 23.8. The van der Waals surface area contributed by atoms with Crippen molar-refractivity contribution in [1.82, 2.24) is 14.5 Å². The Bertz CT molecular complexity index is 998. The molecular formula is C30H46N4O2. The molecule has 0 atom stereocenters. The van der Waals surface area contributed by atoms with Crippen molar-refractivity contribution in [2.24, 2.45) is 5.92 Å². The van der Waals surface area contributed by atoms with E-state index >= 15 is 0 Å². The summed E-state index contributed by atoms with van der Waals surface area (Å²) >= 11 is 0. The first-order chi connectivity index (χ1) is 17.7. The average molecular weight is 495 g/mol. The number of amides is 1. The van der Waals surface area contributed by atoms with Gasteiger partial charge in [-0.3, -0.25) is 4.79 Å². The van der Waals surface area contributed by atoms with Crippen LogP contribution in [0.4, 0.5) is 5.69 Å². The predicted molar refractivity (Wildman–Crippen MR) is 147 cm³/mol. The van der Waals surface area contributed by atoms with Gasteiger partial charge in [-0.2, -0.15) is 0 Å². The molecule has 2 aromatic rings. The molecule has 2 saturated carbocycles. The number of hydrogen-bond acceptors (Lipinski definition) is 4. The number of fused-ring (bicyclic) bond motifs is 1. The molecule has 0 N–H and O–H groups in total. The molecule has 198 valence electrons. The van der Waals surface area contributed by atoms with E-state index in [4.69, 9.17) is 9.72 Å². The standard InChI is InChI=1S/C30H46N4O2/c1-3-23-13-15-24(16-14-23)30-31-29-26(32-19-21-36-22-20-32)11-8-12-27(29)34(30)18-17-28(35)33(4-2)25-9-6-5-7-10-25/h8,11-12,23-25H,3-7,9-10,13-22H2,1-2H3/t23-,24-. The average Bonchev–Trinajstić information content (AvgIpc) is 3.32. The van der Waals surface area contributed by atoms with Gasteiger partial charge in [0.15, 0.2) is 0 Å². The maximum absolute atomic E-state index is 13.5. The van der Waals surface area contributed by atoms with Crippen LogP contribution < -0.4 is 4.90 Å². The van der Waals surface area contributed by atoms with Gasteiger partial charge in [0, 0.05) is 44.6 Å². The molecule has 3 fully saturated rings. The summed E-state index contributed by atoms with van der Waals surface area (Å²) < 4.78 is 8.04. The van der Waals surface area contributed by atoms with Crippen LogP contribution in [-0.4, -0.2) is 59.2 Å². The van der Waals surface area contributed by atoms with E-state index in [1.54, 1.807) is 0 Å². The first kappa shape index (κ1) is 25.6. The summed E-state index contributed by atoms with van der Waals surface area (Å²) in [5.41, 5.74) is 3.53. The van der Waals surface area contributed by atoms with Gasteiger partial charge in [0.1, 0.15) is 11.3 Å². The Morgan fingerprint density at radius 2 is 1.78 bits per heavy atom. The van der Waals surface area contributed by atoms with Gasteiger partial charge in [0.25, 0.3) is 0 Å². The molecule has 2 heterocycles. The zero-order valence-electron chi connectivity index (χ0n) is 22.6. The van der Waals surface area contributed by atoms with Gasteiger partial charge in [-0.1, -0.05) is 38.7 Å². The lowest BCUT2D eigenvalue weighted by atomic mass is 9.80. The number of aryl methyl sites for hydroxylation is 1. The van der Waals surface area contributed by atoms with E-state index in [-0.39, 0.29) is 0 Å². The van der Waals surface area contributed by atoms with Crippen LogP contribution in [0.15, 0.2) is 18.2 Å². The number of carbonyl (C=O) groups excluding carboxylic acids is 1. The second-order valence-electron chi connectivity index (χ2n) is 11.2. The lowest BCUT2D eigenvalue weighted by Gasteiger charge is -2.34. The number of rotatable bonds is 8. The maximum atomic E-state index is 13.5. The van der Waals surface area contributed by atoms with E-state index < -0.39 is 0 Å². The Hall–Kier alpha value is -2.08. The molecule has 0 radical (unpaired) electrons. The van der Waals surface area contributed by atoms with Gasteiger partial charge < -0.3 is 19.1 Å². The summed E-state index contributed by atoms with van der Waals surface area (Å²) in [5, 5.41) is 0. The van der Waals surface area contributed by atoms with Gasteiger partial charge in [-0.25, -0.2) is 4.98 Å². The fourth-order valence-electron chi connectivity index (χ4n) is 6.97. The molecule has 1 aromatic carbocycles. The highest BCUT2D eigenvalue weighted by Crippen LogP contribution is 2.39. The number of carbonyl (C=O) groups is 1. The minimum atomic E-state index is 0.316. The highest BCUT2D eigenvalue weighted by Gasteiger charge is 2.29. The predicted octanol–water partition coefficient (Wildman–Crippen LogP) is 6.13. The van der Waals surface area contributed by atoms with Crippen molar-refractivity contribution < 1.29 is 9.53 Å². The molecule has 3 aliphatic rings. The largest absolute Gasteiger partial charge is 0.378 e. The lowest BCUT2D eigenvalue weighted by molar-refractivity contribution is -0.134. The number of aromatic nitrogens is 2. The maximum Gasteiger partial charge on any atom is 0.224 e. The number of ether oxygens (including phenoxy) is 1. The minimum absolute atomic E-state index is 0.316. The number of hydrogen-bond donors (Lipinski definition) is 0. The second kappa shape index (κ2) is 12.0. The molecular weight excluding hydrogens is 448 g/mol. The topological polar surface area (TPSA) is 50.6 Å². The quantitative estimate of drug-likeness (QED) is 0.443. The molecule has 6 nitrogen and oxygen atoms in total. The third-order valence-electron chi connectivity index (χ3n) is 9.15. The van der Waals surface area contributed by atoms with Crippen LogP contribution in [0.5, 0.6) is 0 Å². The van der Waals surface area contributed by atoms with Crippen LogP contribution in [0.25, 0.3) is 11.0 Å². The van der Waals surface area contributed by atoms with E-state index in [0.29, 0.717) is 24.3 Å². The molecule has 2 aliphatic carbocycles. The number of morpholine rings is 1. The number of nitrogens with zero attached hydrogens (tertiary/aromatic N) is 4. The Morgan fingerprint density at radius 1 is 1.03 bits per heavy atom. The Balaban J connectivity index is 1.42. The summed E-state index contributed by atoms with van der Waals surface area (Å²) in [6, 6.07) is 7.05. The molecule has 1 aromatic heterocycles. The van der Waals surface area contributed by atoms with Gasteiger partial charge >= 0.3 is 0 Å². The van der Waals surface area contributed by atoms with Crippen molar-refractivity contribution >= 4 is 22.6 Å². The van der Waals surface area contributed by atoms with Crippen LogP contribution in [0, 0.1) is 5.92 Å². The number of para-hydroxylation sites is 1. The highest BCUT2D eigenvalue weighted by atomic mass is 16.5. The first-order valence-electron chi connectivity index (χ1n) is 14.8. The Kier molecular flexibility index (Phi) is 8.51. The van der Waals surface area contributed by atoms with E-state index in [9.17, 15) is 4.79 Å². The van der Waals surface area contributed by atoms with Gasteiger partial charge in [0.2, 0.25) is 5.91 Å². The SMILES string of the molecule is CCN(C(=O)CCn1c2cccc(N3CCOCC3)c2nc1[C@H]1CC[C@H](CC)CC1)C1CCCCC1. The molecule has 0 spiro atoms. The van der Waals surface area contributed by atoms with Crippen molar-refractivity contribution in [2.75, 3.05) is 37.7 Å². The van der Waals surface area contributed by atoms with E-state index in [0.717, 1.165) is 50.8 Å².